The van der Waals surface area contributed by atoms with Crippen LogP contribution in [0.2, 0.25) is 0 Å². The van der Waals surface area contributed by atoms with Crippen LogP contribution in [0.5, 0.6) is 0 Å². The number of nitrogens with one attached hydrogen (secondary N) is 1. The van der Waals surface area contributed by atoms with Crippen LogP contribution in [0.4, 0.5) is 5.69 Å². The number of hydrogen-bond donors (Lipinski definition) is 2. The highest BCUT2D eigenvalue weighted by Crippen LogP contribution is 2.30. The maximum Gasteiger partial charge on any atom is 0.251 e. The molecule has 2 amide bonds. The third kappa shape index (κ3) is 5.54. The number of hydrogen-bond acceptors (Lipinski definition) is 7. The Kier molecular flexibility index (Phi) is 7.31. The highest BCUT2D eigenvalue weighted by Gasteiger charge is 2.52. The van der Waals surface area contributed by atoms with E-state index in [1.165, 1.54) is 24.2 Å². The summed E-state index contributed by atoms with van der Waals surface area (Å²) >= 11 is 0. The van der Waals surface area contributed by atoms with Gasteiger partial charge in [-0.05, 0) is 48.9 Å². The van der Waals surface area contributed by atoms with Gasteiger partial charge in [0.25, 0.3) is 5.91 Å². The number of nitrogens with two attached hydrogens (primary N) is 1. The fourth-order valence-electron chi connectivity index (χ4n) is 6.09. The minimum Gasteiger partial charge on any atom is -0.369 e. The molecule has 0 aromatic heterocycles. The Morgan fingerprint density at radius 1 is 1.11 bits per heavy atom. The molecule has 202 valence electrons. The van der Waals surface area contributed by atoms with Crippen molar-refractivity contribution in [2.24, 2.45) is 11.1 Å². The Morgan fingerprint density at radius 2 is 1.78 bits per heavy atom. The van der Waals surface area contributed by atoms with Crippen LogP contribution in [0.1, 0.15) is 56.8 Å². The fourth-order valence-corrected chi connectivity index (χ4v) is 6.09. The number of likely N-dealkylation sites (tertiary alicyclic amines) is 1. The number of amides is 2. The van der Waals surface area contributed by atoms with Gasteiger partial charge < -0.3 is 25.6 Å². The van der Waals surface area contributed by atoms with Crippen LogP contribution in [0.15, 0.2) is 24.3 Å². The number of anilines is 1. The van der Waals surface area contributed by atoms with Gasteiger partial charge in [0.15, 0.2) is 5.78 Å². The van der Waals surface area contributed by atoms with Gasteiger partial charge in [-0.3, -0.25) is 19.3 Å². The van der Waals surface area contributed by atoms with E-state index >= 15 is 0 Å². The lowest BCUT2D eigenvalue weighted by molar-refractivity contribution is -0.138. The molecule has 5 rings (SSSR count). The number of benzene rings is 1. The summed E-state index contributed by atoms with van der Waals surface area (Å²) in [5.41, 5.74) is 7.59. The van der Waals surface area contributed by atoms with Crippen LogP contribution >= 0.6 is 0 Å². The number of rotatable bonds is 6. The van der Waals surface area contributed by atoms with Crippen LogP contribution in [0.3, 0.4) is 0 Å². The summed E-state index contributed by atoms with van der Waals surface area (Å²) in [5.74, 6) is -0.694. The van der Waals surface area contributed by atoms with Gasteiger partial charge in [-0.25, -0.2) is 0 Å². The van der Waals surface area contributed by atoms with E-state index in [2.05, 4.69) is 15.1 Å². The normalized spacial score (nSPS) is 27.7. The summed E-state index contributed by atoms with van der Waals surface area (Å²) in [5, 5.41) is 2.96. The lowest BCUT2D eigenvalue weighted by atomic mass is 9.87. The molecule has 37 heavy (non-hydrogen) atoms. The molecule has 0 spiro atoms. The molecule has 0 bridgehead atoms. The number of carbonyl (C=O) groups excluding carboxylic acids is 3. The van der Waals surface area contributed by atoms with Crippen molar-refractivity contribution in [2.75, 3.05) is 44.2 Å². The van der Waals surface area contributed by atoms with Gasteiger partial charge in [-0.2, -0.15) is 0 Å². The molecule has 9 heteroatoms. The summed E-state index contributed by atoms with van der Waals surface area (Å²) in [6.07, 6.45) is 4.00. The summed E-state index contributed by atoms with van der Waals surface area (Å²) in [4.78, 5) is 45.8. The van der Waals surface area contributed by atoms with Crippen molar-refractivity contribution in [3.63, 3.8) is 0 Å². The van der Waals surface area contributed by atoms with Crippen molar-refractivity contribution in [1.29, 1.82) is 0 Å². The van der Waals surface area contributed by atoms with E-state index in [1.807, 2.05) is 45.0 Å². The number of fused-ring (bicyclic) bond motifs is 1. The number of Topliss-reactive ketones (excluding diaryl/α,β-unsaturated/α-hetero) is 1. The molecule has 1 unspecified atom stereocenters. The van der Waals surface area contributed by atoms with Crippen molar-refractivity contribution in [3.05, 3.63) is 29.8 Å². The minimum atomic E-state index is -0.758. The fraction of sp³-hybridized carbons (Fsp3) is 0.679. The van der Waals surface area contributed by atoms with Crippen molar-refractivity contribution in [2.45, 2.75) is 76.7 Å². The van der Waals surface area contributed by atoms with Gasteiger partial charge >= 0.3 is 0 Å². The average Bonchev–Trinajstić information content (AvgIpc) is 3.37. The second-order valence-corrected chi connectivity index (χ2v) is 12.3. The van der Waals surface area contributed by atoms with E-state index in [1.54, 1.807) is 0 Å². The molecule has 4 fully saturated rings. The van der Waals surface area contributed by atoms with Gasteiger partial charge in [0.2, 0.25) is 5.91 Å². The zero-order valence-corrected chi connectivity index (χ0v) is 22.3. The molecule has 1 aromatic carbocycles. The number of nitrogens with zero attached hydrogens (tertiary/aromatic N) is 3. The molecular formula is C28H41N5O4. The standard InChI is InChI=1S/C28H41N5O4/c1-28(2,3)15-22(27(36)33-16-21(29)25-24(33)23(34)17-37-25)30-26(35)18-7-9-20(10-8-18)32-13-11-31(12-14-32)19-5-4-6-19/h7-10,19,21-22,24-25H,4-6,11-17,29H2,1-3H3,(H,30,35)/t21-,22?,24-,25-/m1/s1. The molecule has 4 atom stereocenters. The molecule has 1 saturated carbocycles. The smallest absolute Gasteiger partial charge is 0.251 e. The van der Waals surface area contributed by atoms with Crippen molar-refractivity contribution in [1.82, 2.24) is 15.1 Å². The maximum atomic E-state index is 13.6. The first-order valence-electron chi connectivity index (χ1n) is 13.7. The Hall–Kier alpha value is -2.49. The zero-order chi connectivity index (χ0) is 26.3. The lowest BCUT2D eigenvalue weighted by Gasteiger charge is -2.43. The number of carbonyl (C=O) groups is 3. The number of ether oxygens (including phenoxy) is 1. The number of ketones is 1. The molecule has 1 aromatic rings. The van der Waals surface area contributed by atoms with Crippen LogP contribution in [-0.2, 0) is 14.3 Å². The summed E-state index contributed by atoms with van der Waals surface area (Å²) in [7, 11) is 0. The maximum absolute atomic E-state index is 13.6. The van der Waals surface area contributed by atoms with Crippen LogP contribution in [0, 0.1) is 5.41 Å². The predicted molar refractivity (Wildman–Crippen MR) is 141 cm³/mol. The Labute approximate surface area is 219 Å². The zero-order valence-electron chi connectivity index (χ0n) is 22.3. The van der Waals surface area contributed by atoms with E-state index in [-0.39, 0.29) is 36.2 Å². The largest absolute Gasteiger partial charge is 0.369 e. The number of piperazine rings is 1. The van der Waals surface area contributed by atoms with Gasteiger partial charge in [-0.1, -0.05) is 27.2 Å². The van der Waals surface area contributed by atoms with Crippen LogP contribution in [-0.4, -0.2) is 97.0 Å². The van der Waals surface area contributed by atoms with Gasteiger partial charge in [0.1, 0.15) is 24.8 Å². The van der Waals surface area contributed by atoms with E-state index in [0.29, 0.717) is 12.0 Å². The first kappa shape index (κ1) is 26.1. The van der Waals surface area contributed by atoms with Gasteiger partial charge in [-0.15, -0.1) is 0 Å². The summed E-state index contributed by atoms with van der Waals surface area (Å²) < 4.78 is 5.54. The van der Waals surface area contributed by atoms with Crippen LogP contribution in [0.25, 0.3) is 0 Å². The van der Waals surface area contributed by atoms with Crippen molar-refractivity contribution in [3.8, 4) is 0 Å². The molecule has 4 aliphatic rings. The molecule has 0 radical (unpaired) electrons. The van der Waals surface area contributed by atoms with Gasteiger partial charge in [0.05, 0.1) is 6.04 Å². The van der Waals surface area contributed by atoms with Crippen molar-refractivity contribution < 1.29 is 19.1 Å². The first-order valence-corrected chi connectivity index (χ1v) is 13.7. The summed E-state index contributed by atoms with van der Waals surface area (Å²) in [6, 6.07) is 6.60. The Balaban J connectivity index is 1.24. The molecule has 3 saturated heterocycles. The van der Waals surface area contributed by atoms with E-state index < -0.39 is 24.2 Å². The Bertz CT molecular complexity index is 1010. The second-order valence-electron chi connectivity index (χ2n) is 12.3. The minimum absolute atomic E-state index is 0.0227. The van der Waals surface area contributed by atoms with Gasteiger partial charge in [0, 0.05) is 50.0 Å². The third-order valence-corrected chi connectivity index (χ3v) is 8.33. The molecule has 9 nitrogen and oxygen atoms in total. The third-order valence-electron chi connectivity index (χ3n) is 8.33. The molecule has 3 heterocycles. The highest BCUT2D eigenvalue weighted by atomic mass is 16.5. The molecule has 3 aliphatic heterocycles. The molecule has 1 aliphatic carbocycles. The average molecular weight is 512 g/mol. The molecular weight excluding hydrogens is 470 g/mol. The van der Waals surface area contributed by atoms with Crippen LogP contribution < -0.4 is 16.0 Å². The monoisotopic (exact) mass is 511 g/mol. The first-order chi connectivity index (χ1) is 17.6. The second kappa shape index (κ2) is 10.3. The summed E-state index contributed by atoms with van der Waals surface area (Å²) in [6.45, 7) is 10.5. The van der Waals surface area contributed by atoms with Crippen molar-refractivity contribution >= 4 is 23.3 Å². The topological polar surface area (TPSA) is 108 Å². The lowest BCUT2D eigenvalue weighted by Crippen LogP contribution is -2.53. The quantitative estimate of drug-likeness (QED) is 0.594. The SMILES string of the molecule is CC(C)(C)CC(NC(=O)c1ccc(N2CCN(C3CCC3)CC2)cc1)C(=O)N1C[C@@H](N)[C@H]2OCC(=O)[C@H]21. The Morgan fingerprint density at radius 3 is 2.38 bits per heavy atom. The van der Waals surface area contributed by atoms with E-state index in [0.717, 1.165) is 37.9 Å². The van der Waals surface area contributed by atoms with E-state index in [9.17, 15) is 14.4 Å². The highest BCUT2D eigenvalue weighted by molar-refractivity contribution is 5.99. The van der Waals surface area contributed by atoms with E-state index in [4.69, 9.17) is 10.5 Å². The predicted octanol–water partition coefficient (Wildman–Crippen LogP) is 1.40. The molecule has 3 N–H and O–H groups in total.